The summed E-state index contributed by atoms with van der Waals surface area (Å²) in [6.45, 7) is 5.14. The molecule has 0 radical (unpaired) electrons. The van der Waals surface area contributed by atoms with Crippen LogP contribution in [0.3, 0.4) is 0 Å². The van der Waals surface area contributed by atoms with Crippen LogP contribution in [-0.4, -0.2) is 18.0 Å². The van der Waals surface area contributed by atoms with Crippen LogP contribution in [0.1, 0.15) is 30.8 Å². The highest BCUT2D eigenvalue weighted by atomic mass is 32.2. The van der Waals surface area contributed by atoms with Gasteiger partial charge in [0.2, 0.25) is 0 Å². The van der Waals surface area contributed by atoms with Gasteiger partial charge in [-0.05, 0) is 50.4 Å². The van der Waals surface area contributed by atoms with E-state index in [-0.39, 0.29) is 23.0 Å². The van der Waals surface area contributed by atoms with Gasteiger partial charge in [-0.3, -0.25) is 9.52 Å². The minimum atomic E-state index is -0.389. The number of nitrogens with zero attached hydrogens (tertiary/aromatic N) is 1. The third-order valence-electron chi connectivity index (χ3n) is 4.79. The molecule has 0 saturated carbocycles. The molecule has 2 heterocycles. The Morgan fingerprint density at radius 1 is 1.23 bits per heavy atom. The molecule has 1 fully saturated rings. The Labute approximate surface area is 155 Å². The molecule has 0 unspecified atom stereocenters. The van der Waals surface area contributed by atoms with Gasteiger partial charge in [-0.15, -0.1) is 0 Å². The molecule has 4 rings (SSSR count). The van der Waals surface area contributed by atoms with Gasteiger partial charge in [0.15, 0.2) is 5.76 Å². The number of rotatable bonds is 4. The second-order valence-corrected chi connectivity index (χ2v) is 7.89. The lowest BCUT2D eigenvalue weighted by Gasteiger charge is -2.50. The van der Waals surface area contributed by atoms with E-state index >= 15 is 0 Å². The molecule has 6 heteroatoms. The summed E-state index contributed by atoms with van der Waals surface area (Å²) in [4.78, 5) is 15.4. The Morgan fingerprint density at radius 2 is 2.00 bits per heavy atom. The quantitative estimate of drug-likeness (QED) is 0.657. The van der Waals surface area contributed by atoms with Crippen LogP contribution in [0.25, 0.3) is 11.0 Å². The summed E-state index contributed by atoms with van der Waals surface area (Å²) in [5.74, 6) is -0.665. The van der Waals surface area contributed by atoms with Crippen LogP contribution in [0.5, 0.6) is 0 Å². The maximum Gasteiger partial charge on any atom is 0.297 e. The van der Waals surface area contributed by atoms with Crippen LogP contribution in [0.4, 0.5) is 10.1 Å². The number of hydrogen-bond donors (Lipinski definition) is 1. The molecular formula is C20H19FN2O2S. The zero-order chi connectivity index (χ0) is 18.3. The first-order chi connectivity index (χ1) is 12.4. The number of hydrogen-bond acceptors (Lipinski definition) is 4. The molecule has 1 aliphatic heterocycles. The number of furan rings is 1. The van der Waals surface area contributed by atoms with Gasteiger partial charge in [-0.2, -0.15) is 0 Å². The molecule has 26 heavy (non-hydrogen) atoms. The van der Waals surface area contributed by atoms with Gasteiger partial charge in [-0.1, -0.05) is 18.2 Å². The fourth-order valence-corrected chi connectivity index (χ4v) is 3.75. The van der Waals surface area contributed by atoms with Crippen LogP contribution in [0.15, 0.2) is 57.8 Å². The zero-order valence-corrected chi connectivity index (χ0v) is 15.4. The van der Waals surface area contributed by atoms with E-state index < -0.39 is 0 Å². The standard InChI is InChI=1S/C20H19FN2O2S/c1-20(2)8-9-23(20)13-10-16(21)15-12-18(25-17(15)11-13)19(24)22-26-14-6-4-3-5-7-14/h3-7,10-12H,8-9H2,1-2H3,(H,22,24). The van der Waals surface area contributed by atoms with E-state index in [1.165, 1.54) is 24.1 Å². The highest BCUT2D eigenvalue weighted by Gasteiger charge is 2.36. The summed E-state index contributed by atoms with van der Waals surface area (Å²) in [6, 6.07) is 14.3. The van der Waals surface area contributed by atoms with Crippen molar-refractivity contribution in [2.24, 2.45) is 0 Å². The molecule has 0 spiro atoms. The fraction of sp³-hybridized carbons (Fsp3) is 0.250. The predicted octanol–water partition coefficient (Wildman–Crippen LogP) is 5.00. The van der Waals surface area contributed by atoms with E-state index in [1.807, 2.05) is 30.3 Å². The van der Waals surface area contributed by atoms with Crippen LogP contribution in [-0.2, 0) is 0 Å². The first kappa shape index (κ1) is 17.0. The summed E-state index contributed by atoms with van der Waals surface area (Å²) < 4.78 is 22.9. The summed E-state index contributed by atoms with van der Waals surface area (Å²) in [7, 11) is 0. The first-order valence-electron chi connectivity index (χ1n) is 8.47. The number of anilines is 1. The SMILES string of the molecule is CC1(C)CCN1c1cc(F)c2cc(C(=O)NSc3ccccc3)oc2c1. The van der Waals surface area contributed by atoms with Crippen molar-refractivity contribution < 1.29 is 13.6 Å². The van der Waals surface area contributed by atoms with Gasteiger partial charge >= 0.3 is 0 Å². The summed E-state index contributed by atoms with van der Waals surface area (Å²) in [6.07, 6.45) is 1.06. The maximum atomic E-state index is 14.5. The highest BCUT2D eigenvalue weighted by molar-refractivity contribution is 7.98. The normalized spacial score (nSPS) is 15.7. The van der Waals surface area contributed by atoms with Crippen molar-refractivity contribution in [1.82, 2.24) is 4.72 Å². The van der Waals surface area contributed by atoms with Crippen molar-refractivity contribution >= 4 is 34.5 Å². The number of amides is 1. The summed E-state index contributed by atoms with van der Waals surface area (Å²) in [5, 5.41) is 0.321. The van der Waals surface area contributed by atoms with Crippen LogP contribution in [0.2, 0.25) is 0 Å². The average molecular weight is 370 g/mol. The Kier molecular flexibility index (Phi) is 4.15. The van der Waals surface area contributed by atoms with Crippen LogP contribution in [0, 0.1) is 5.82 Å². The molecule has 3 aromatic rings. The minimum absolute atomic E-state index is 0.0131. The van der Waals surface area contributed by atoms with Crippen molar-refractivity contribution in [1.29, 1.82) is 0 Å². The summed E-state index contributed by atoms with van der Waals surface area (Å²) in [5.41, 5.74) is 1.18. The van der Waals surface area contributed by atoms with Crippen LogP contribution >= 0.6 is 11.9 Å². The molecule has 1 N–H and O–H groups in total. The Bertz CT molecular complexity index is 969. The Morgan fingerprint density at radius 3 is 2.65 bits per heavy atom. The molecule has 1 aromatic heterocycles. The second kappa shape index (κ2) is 6.36. The topological polar surface area (TPSA) is 45.5 Å². The third kappa shape index (κ3) is 3.05. The zero-order valence-electron chi connectivity index (χ0n) is 14.6. The fourth-order valence-electron chi connectivity index (χ4n) is 3.14. The number of nitrogens with one attached hydrogen (secondary N) is 1. The smallest absolute Gasteiger partial charge is 0.297 e. The molecule has 1 amide bonds. The lowest BCUT2D eigenvalue weighted by atomic mass is 9.88. The molecular weight excluding hydrogens is 351 g/mol. The maximum absolute atomic E-state index is 14.5. The number of carbonyl (C=O) groups excluding carboxylic acids is 1. The van der Waals surface area contributed by atoms with E-state index in [2.05, 4.69) is 23.5 Å². The van der Waals surface area contributed by atoms with Gasteiger partial charge < -0.3 is 9.32 Å². The van der Waals surface area contributed by atoms with Crippen LogP contribution < -0.4 is 9.62 Å². The molecule has 1 saturated heterocycles. The van der Waals surface area contributed by atoms with E-state index in [0.29, 0.717) is 11.0 Å². The Hall–Kier alpha value is -2.47. The van der Waals surface area contributed by atoms with Gasteiger partial charge in [0.05, 0.1) is 5.39 Å². The van der Waals surface area contributed by atoms with Crippen molar-refractivity contribution in [3.8, 4) is 0 Å². The van der Waals surface area contributed by atoms with Crippen molar-refractivity contribution in [2.45, 2.75) is 30.7 Å². The highest BCUT2D eigenvalue weighted by Crippen LogP contribution is 2.37. The molecule has 2 aromatic carbocycles. The number of benzene rings is 2. The molecule has 1 aliphatic rings. The molecule has 0 atom stereocenters. The monoisotopic (exact) mass is 370 g/mol. The van der Waals surface area contributed by atoms with E-state index in [1.54, 1.807) is 6.07 Å². The predicted molar refractivity (Wildman–Crippen MR) is 102 cm³/mol. The van der Waals surface area contributed by atoms with Crippen molar-refractivity contribution in [2.75, 3.05) is 11.4 Å². The van der Waals surface area contributed by atoms with Gasteiger partial charge in [0, 0.05) is 34.8 Å². The minimum Gasteiger partial charge on any atom is -0.451 e. The average Bonchev–Trinajstić information content (AvgIpc) is 3.04. The number of fused-ring (bicyclic) bond motifs is 1. The second-order valence-electron chi connectivity index (χ2n) is 7.01. The lowest BCUT2D eigenvalue weighted by Crippen LogP contribution is -2.56. The van der Waals surface area contributed by atoms with Gasteiger partial charge in [0.25, 0.3) is 5.91 Å². The van der Waals surface area contributed by atoms with Gasteiger partial charge in [-0.25, -0.2) is 4.39 Å². The Balaban J connectivity index is 1.57. The first-order valence-corrected chi connectivity index (χ1v) is 9.29. The molecule has 4 nitrogen and oxygen atoms in total. The molecule has 0 aliphatic carbocycles. The van der Waals surface area contributed by atoms with Crippen molar-refractivity contribution in [3.63, 3.8) is 0 Å². The van der Waals surface area contributed by atoms with E-state index in [4.69, 9.17) is 4.42 Å². The molecule has 134 valence electrons. The van der Waals surface area contributed by atoms with Crippen molar-refractivity contribution in [3.05, 3.63) is 60.1 Å². The largest absolute Gasteiger partial charge is 0.451 e. The van der Waals surface area contributed by atoms with E-state index in [0.717, 1.165) is 23.5 Å². The third-order valence-corrected chi connectivity index (χ3v) is 5.59. The molecule has 0 bridgehead atoms. The van der Waals surface area contributed by atoms with E-state index in [9.17, 15) is 9.18 Å². The number of halogens is 1. The summed E-state index contributed by atoms with van der Waals surface area (Å²) >= 11 is 1.20. The lowest BCUT2D eigenvalue weighted by molar-refractivity contribution is 0.0959. The van der Waals surface area contributed by atoms with Gasteiger partial charge in [0.1, 0.15) is 11.4 Å². The number of carbonyl (C=O) groups is 1.